The van der Waals surface area contributed by atoms with Gasteiger partial charge in [0, 0.05) is 19.8 Å². The molecule has 0 aliphatic carbocycles. The molecule has 138 valence electrons. The van der Waals surface area contributed by atoms with Crippen molar-refractivity contribution in [1.29, 1.82) is 0 Å². The van der Waals surface area contributed by atoms with Crippen molar-refractivity contribution in [3.63, 3.8) is 0 Å². The lowest BCUT2D eigenvalue weighted by molar-refractivity contribution is 0.195. The quantitative estimate of drug-likeness (QED) is 0.883. The number of fused-ring (bicyclic) bond motifs is 1. The number of anilines is 2. The van der Waals surface area contributed by atoms with Gasteiger partial charge in [-0.2, -0.15) is 0 Å². The summed E-state index contributed by atoms with van der Waals surface area (Å²) in [6.07, 6.45) is 2.39. The Hall–Kier alpha value is -2.80. The van der Waals surface area contributed by atoms with Crippen molar-refractivity contribution < 1.29 is 14.6 Å². The van der Waals surface area contributed by atoms with Gasteiger partial charge in [0.2, 0.25) is 0 Å². The number of ether oxygens (including phenoxy) is 1. The number of rotatable bonds is 3. The number of likely N-dealkylation sites (N-methyl/N-ethyl adjacent to an activating group) is 1. The minimum Gasteiger partial charge on any atom is -0.495 e. The van der Waals surface area contributed by atoms with Gasteiger partial charge in [-0.15, -0.1) is 0 Å². The highest BCUT2D eigenvalue weighted by Gasteiger charge is 2.26. The lowest BCUT2D eigenvalue weighted by atomic mass is 10.1. The summed E-state index contributed by atoms with van der Waals surface area (Å²) in [5.74, 6) is 0.611. The number of nitrogens with one attached hydrogen (secondary N) is 1. The smallest absolute Gasteiger partial charge is 0.322 e. The minimum absolute atomic E-state index is 0.0206. The van der Waals surface area contributed by atoms with Crippen LogP contribution in [0.25, 0.3) is 0 Å². The number of nitrogens with zero attached hydrogens (tertiary/aromatic N) is 3. The average molecular weight is 356 g/mol. The Bertz CT molecular complexity index is 768. The molecular formula is C19H24N4O3. The third kappa shape index (κ3) is 3.72. The van der Waals surface area contributed by atoms with E-state index in [0.717, 1.165) is 11.4 Å². The van der Waals surface area contributed by atoms with E-state index in [-0.39, 0.29) is 18.7 Å². The van der Waals surface area contributed by atoms with Crippen LogP contribution in [-0.4, -0.2) is 54.4 Å². The molecule has 0 radical (unpaired) electrons. The monoisotopic (exact) mass is 356 g/mol. The fourth-order valence-corrected chi connectivity index (χ4v) is 3.16. The molecule has 1 atom stereocenters. The summed E-state index contributed by atoms with van der Waals surface area (Å²) in [5.41, 5.74) is 2.36. The lowest BCUT2D eigenvalue weighted by Crippen LogP contribution is -2.44. The van der Waals surface area contributed by atoms with Crippen molar-refractivity contribution in [2.45, 2.75) is 19.0 Å². The molecule has 0 fully saturated rings. The first-order valence-electron chi connectivity index (χ1n) is 8.60. The lowest BCUT2D eigenvalue weighted by Gasteiger charge is -2.35. The highest BCUT2D eigenvalue weighted by Crippen LogP contribution is 2.27. The SMILES string of the molecule is COc1ccccc1NC(=O)N1CCC(CO)N(C)c2cccnc2C1. The van der Waals surface area contributed by atoms with E-state index in [0.29, 0.717) is 30.9 Å². The fraction of sp³-hybridized carbons (Fsp3) is 0.368. The summed E-state index contributed by atoms with van der Waals surface area (Å²) < 4.78 is 5.30. The Morgan fingerprint density at radius 3 is 2.92 bits per heavy atom. The summed E-state index contributed by atoms with van der Waals surface area (Å²) in [4.78, 5) is 21.0. The van der Waals surface area contributed by atoms with Crippen LogP contribution in [0.2, 0.25) is 0 Å². The number of pyridine rings is 1. The van der Waals surface area contributed by atoms with Gasteiger partial charge in [0.05, 0.1) is 43.4 Å². The highest BCUT2D eigenvalue weighted by molar-refractivity contribution is 5.91. The Balaban J connectivity index is 1.84. The maximum atomic E-state index is 12.8. The molecule has 2 heterocycles. The van der Waals surface area contributed by atoms with Crippen molar-refractivity contribution in [2.24, 2.45) is 0 Å². The molecule has 1 aliphatic heterocycles. The van der Waals surface area contributed by atoms with Gasteiger partial charge in [0.25, 0.3) is 0 Å². The number of hydrogen-bond acceptors (Lipinski definition) is 5. The number of benzene rings is 1. The van der Waals surface area contributed by atoms with E-state index < -0.39 is 0 Å². The maximum Gasteiger partial charge on any atom is 0.322 e. The molecule has 26 heavy (non-hydrogen) atoms. The number of hydrogen-bond donors (Lipinski definition) is 2. The molecule has 1 aliphatic rings. The predicted molar refractivity (Wildman–Crippen MR) is 101 cm³/mol. The van der Waals surface area contributed by atoms with E-state index in [1.165, 1.54) is 0 Å². The minimum atomic E-state index is -0.215. The molecule has 7 nitrogen and oxygen atoms in total. The molecule has 1 aromatic heterocycles. The van der Waals surface area contributed by atoms with E-state index in [4.69, 9.17) is 4.74 Å². The highest BCUT2D eigenvalue weighted by atomic mass is 16.5. The number of aliphatic hydroxyl groups is 1. The van der Waals surface area contributed by atoms with Crippen LogP contribution in [0.1, 0.15) is 12.1 Å². The van der Waals surface area contributed by atoms with Crippen molar-refractivity contribution in [3.05, 3.63) is 48.3 Å². The van der Waals surface area contributed by atoms with E-state index in [1.807, 2.05) is 36.2 Å². The fourth-order valence-electron chi connectivity index (χ4n) is 3.16. The van der Waals surface area contributed by atoms with Gasteiger partial charge in [0.1, 0.15) is 5.75 Å². The van der Waals surface area contributed by atoms with Crippen LogP contribution in [-0.2, 0) is 6.54 Å². The molecule has 0 saturated heterocycles. The molecule has 0 saturated carbocycles. The predicted octanol–water partition coefficient (Wildman–Crippen LogP) is 2.33. The molecule has 3 rings (SSSR count). The van der Waals surface area contributed by atoms with Crippen LogP contribution >= 0.6 is 0 Å². The number of aromatic nitrogens is 1. The number of amides is 2. The van der Waals surface area contributed by atoms with E-state index >= 15 is 0 Å². The number of para-hydroxylation sites is 2. The van der Waals surface area contributed by atoms with E-state index in [2.05, 4.69) is 10.3 Å². The molecule has 1 aromatic carbocycles. The number of methoxy groups -OCH3 is 1. The second-order valence-electron chi connectivity index (χ2n) is 6.26. The molecule has 1 unspecified atom stereocenters. The zero-order chi connectivity index (χ0) is 18.5. The first-order chi connectivity index (χ1) is 12.6. The summed E-state index contributed by atoms with van der Waals surface area (Å²) in [7, 11) is 3.52. The normalized spacial score (nSPS) is 17.1. The average Bonchev–Trinajstić information content (AvgIpc) is 2.66. The van der Waals surface area contributed by atoms with Crippen LogP contribution in [0.5, 0.6) is 5.75 Å². The topological polar surface area (TPSA) is 77.9 Å². The first-order valence-corrected chi connectivity index (χ1v) is 8.60. The van der Waals surface area contributed by atoms with Gasteiger partial charge in [-0.25, -0.2) is 4.79 Å². The standard InChI is InChI=1S/C19H24N4O3/c1-22-14(13-24)9-11-23(12-16-17(22)7-5-10-20-16)19(25)21-15-6-3-4-8-18(15)26-2/h3-8,10,14,24H,9,11-13H2,1-2H3,(H,21,25). The Morgan fingerprint density at radius 1 is 1.35 bits per heavy atom. The molecule has 2 N–H and O–H groups in total. The molecule has 2 amide bonds. The second-order valence-corrected chi connectivity index (χ2v) is 6.26. The third-order valence-electron chi connectivity index (χ3n) is 4.71. The number of carbonyl (C=O) groups excluding carboxylic acids is 1. The Morgan fingerprint density at radius 2 is 2.15 bits per heavy atom. The molecule has 2 aromatic rings. The van der Waals surface area contributed by atoms with Crippen molar-refractivity contribution >= 4 is 17.4 Å². The second kappa shape index (κ2) is 8.05. The van der Waals surface area contributed by atoms with E-state index in [1.54, 1.807) is 30.3 Å². The van der Waals surface area contributed by atoms with Gasteiger partial charge < -0.3 is 25.0 Å². The molecule has 0 spiro atoms. The van der Waals surface area contributed by atoms with Gasteiger partial charge in [-0.3, -0.25) is 4.98 Å². The largest absolute Gasteiger partial charge is 0.495 e. The number of urea groups is 1. The Labute approximate surface area is 153 Å². The van der Waals surface area contributed by atoms with Crippen molar-refractivity contribution in [1.82, 2.24) is 9.88 Å². The first kappa shape index (κ1) is 18.0. The number of aliphatic hydroxyl groups excluding tert-OH is 1. The molecule has 0 bridgehead atoms. The van der Waals surface area contributed by atoms with Gasteiger partial charge in [0.15, 0.2) is 0 Å². The van der Waals surface area contributed by atoms with Gasteiger partial charge in [-0.1, -0.05) is 12.1 Å². The van der Waals surface area contributed by atoms with E-state index in [9.17, 15) is 9.90 Å². The Kier molecular flexibility index (Phi) is 5.58. The third-order valence-corrected chi connectivity index (χ3v) is 4.71. The van der Waals surface area contributed by atoms with Crippen LogP contribution in [0, 0.1) is 0 Å². The molecular weight excluding hydrogens is 332 g/mol. The maximum absolute atomic E-state index is 12.8. The van der Waals surface area contributed by atoms with Crippen molar-refractivity contribution in [3.8, 4) is 5.75 Å². The number of carbonyl (C=O) groups is 1. The van der Waals surface area contributed by atoms with Gasteiger partial charge >= 0.3 is 6.03 Å². The van der Waals surface area contributed by atoms with Crippen LogP contribution < -0.4 is 15.0 Å². The van der Waals surface area contributed by atoms with Gasteiger partial charge in [-0.05, 0) is 30.7 Å². The zero-order valence-electron chi connectivity index (χ0n) is 15.1. The van der Waals surface area contributed by atoms with Crippen LogP contribution in [0.4, 0.5) is 16.2 Å². The van der Waals surface area contributed by atoms with Crippen LogP contribution in [0.15, 0.2) is 42.6 Å². The molecule has 7 heteroatoms. The summed E-state index contributed by atoms with van der Waals surface area (Å²) in [5, 5.41) is 12.6. The summed E-state index contributed by atoms with van der Waals surface area (Å²) in [6.45, 7) is 0.943. The summed E-state index contributed by atoms with van der Waals surface area (Å²) in [6, 6.07) is 10.9. The summed E-state index contributed by atoms with van der Waals surface area (Å²) >= 11 is 0. The van der Waals surface area contributed by atoms with Crippen molar-refractivity contribution in [2.75, 3.05) is 37.5 Å². The van der Waals surface area contributed by atoms with Crippen LogP contribution in [0.3, 0.4) is 0 Å². The zero-order valence-corrected chi connectivity index (χ0v) is 15.1.